The predicted octanol–water partition coefficient (Wildman–Crippen LogP) is 2.01. The van der Waals surface area contributed by atoms with Crippen LogP contribution in [0.15, 0.2) is 0 Å². The Morgan fingerprint density at radius 3 is 2.47 bits per heavy atom. The fraction of sp³-hybridized carbons (Fsp3) is 0.857. The van der Waals surface area contributed by atoms with E-state index in [1.807, 2.05) is 0 Å². The van der Waals surface area contributed by atoms with Gasteiger partial charge in [-0.3, -0.25) is 4.79 Å². The highest BCUT2D eigenvalue weighted by atomic mass is 16.6. The summed E-state index contributed by atoms with van der Waals surface area (Å²) >= 11 is 0. The maximum absolute atomic E-state index is 11.9. The van der Waals surface area contributed by atoms with Crippen molar-refractivity contribution >= 4 is 12.1 Å². The van der Waals surface area contributed by atoms with E-state index in [9.17, 15) is 14.7 Å². The lowest BCUT2D eigenvalue weighted by Gasteiger charge is -2.34. The largest absolute Gasteiger partial charge is 0.481 e. The molecule has 106 valence electrons. The van der Waals surface area contributed by atoms with Crippen LogP contribution in [0.1, 0.15) is 40.0 Å². The van der Waals surface area contributed by atoms with Crippen LogP contribution in [0.25, 0.3) is 0 Å². The SMILES string of the molecule is CC(C)(C)OC(=O)NC1C2CCC3C(C2)C31C(=O)O. The highest BCUT2D eigenvalue weighted by molar-refractivity contribution is 5.83. The molecule has 4 saturated carbocycles. The Hall–Kier alpha value is -1.26. The van der Waals surface area contributed by atoms with E-state index in [2.05, 4.69) is 5.32 Å². The van der Waals surface area contributed by atoms with Crippen molar-refractivity contribution in [3.8, 4) is 0 Å². The lowest BCUT2D eigenvalue weighted by atomic mass is 9.77. The molecule has 5 nitrogen and oxygen atoms in total. The number of nitrogens with one attached hydrogen (secondary N) is 1. The summed E-state index contributed by atoms with van der Waals surface area (Å²) in [6.07, 6.45) is 2.47. The number of carboxylic acid groups (broad SMARTS) is 1. The van der Waals surface area contributed by atoms with Gasteiger partial charge < -0.3 is 15.2 Å². The Labute approximate surface area is 112 Å². The number of carbonyl (C=O) groups is 2. The van der Waals surface area contributed by atoms with Gasteiger partial charge in [-0.05, 0) is 57.8 Å². The lowest BCUT2D eigenvalue weighted by molar-refractivity contribution is -0.146. The number of ether oxygens (including phenoxy) is 1. The van der Waals surface area contributed by atoms with Gasteiger partial charge in [0.25, 0.3) is 0 Å². The van der Waals surface area contributed by atoms with E-state index in [-0.39, 0.29) is 17.9 Å². The molecule has 4 fully saturated rings. The minimum absolute atomic E-state index is 0.247. The second-order valence-electron chi connectivity index (χ2n) is 7.15. The molecule has 2 N–H and O–H groups in total. The number of carboxylic acids is 1. The van der Waals surface area contributed by atoms with Crippen molar-refractivity contribution in [3.05, 3.63) is 0 Å². The van der Waals surface area contributed by atoms with Crippen LogP contribution in [0.5, 0.6) is 0 Å². The fourth-order valence-corrected chi connectivity index (χ4v) is 4.48. The molecule has 4 aliphatic rings. The number of amides is 1. The van der Waals surface area contributed by atoms with Crippen LogP contribution in [-0.4, -0.2) is 28.8 Å². The zero-order valence-corrected chi connectivity index (χ0v) is 11.6. The van der Waals surface area contributed by atoms with Gasteiger partial charge in [-0.25, -0.2) is 4.79 Å². The standard InChI is InChI=1S/C14H21NO4/c1-13(2,3)19-12(18)15-10-7-4-5-8-9(6-7)14(8,10)11(16)17/h7-10H,4-6H2,1-3H3,(H,15,18)(H,16,17). The van der Waals surface area contributed by atoms with Crippen LogP contribution in [0, 0.1) is 23.2 Å². The molecule has 0 heterocycles. The summed E-state index contributed by atoms with van der Waals surface area (Å²) < 4.78 is 5.26. The van der Waals surface area contributed by atoms with Gasteiger partial charge in [0, 0.05) is 0 Å². The van der Waals surface area contributed by atoms with E-state index in [1.54, 1.807) is 20.8 Å². The van der Waals surface area contributed by atoms with Crippen molar-refractivity contribution in [2.45, 2.75) is 51.7 Å². The number of hydrogen-bond donors (Lipinski definition) is 2. The summed E-state index contributed by atoms with van der Waals surface area (Å²) in [5.74, 6) is 0.0861. The van der Waals surface area contributed by atoms with Crippen LogP contribution < -0.4 is 5.32 Å². The molecule has 5 unspecified atom stereocenters. The number of hydrogen-bond acceptors (Lipinski definition) is 3. The van der Waals surface area contributed by atoms with Gasteiger partial charge in [0.05, 0.1) is 11.5 Å². The van der Waals surface area contributed by atoms with E-state index in [0.29, 0.717) is 5.92 Å². The third-order valence-electron chi connectivity index (χ3n) is 5.04. The van der Waals surface area contributed by atoms with E-state index in [0.717, 1.165) is 19.3 Å². The van der Waals surface area contributed by atoms with Crippen LogP contribution in [0.2, 0.25) is 0 Å². The summed E-state index contributed by atoms with van der Waals surface area (Å²) in [6, 6.07) is -0.247. The molecule has 0 aromatic rings. The highest BCUT2D eigenvalue weighted by Gasteiger charge is 2.80. The molecule has 1 amide bonds. The molecule has 0 spiro atoms. The Morgan fingerprint density at radius 2 is 1.95 bits per heavy atom. The maximum atomic E-state index is 11.9. The van der Waals surface area contributed by atoms with Crippen molar-refractivity contribution < 1.29 is 19.4 Å². The van der Waals surface area contributed by atoms with Gasteiger partial charge in [-0.15, -0.1) is 0 Å². The Balaban J connectivity index is 1.74. The van der Waals surface area contributed by atoms with Gasteiger partial charge >= 0.3 is 12.1 Å². The van der Waals surface area contributed by atoms with Crippen LogP contribution in [-0.2, 0) is 9.53 Å². The summed E-state index contributed by atoms with van der Waals surface area (Å²) in [4.78, 5) is 23.5. The molecule has 4 bridgehead atoms. The summed E-state index contributed by atoms with van der Waals surface area (Å²) in [5, 5.41) is 12.4. The second-order valence-corrected chi connectivity index (χ2v) is 7.15. The smallest absolute Gasteiger partial charge is 0.407 e. The van der Waals surface area contributed by atoms with Crippen molar-refractivity contribution in [1.29, 1.82) is 0 Å². The average molecular weight is 267 g/mol. The molecular formula is C14H21NO4. The molecule has 0 aromatic heterocycles. The minimum Gasteiger partial charge on any atom is -0.481 e. The normalized spacial score (nSPS) is 42.7. The van der Waals surface area contributed by atoms with Crippen molar-refractivity contribution in [2.24, 2.45) is 23.2 Å². The first-order valence-corrected chi connectivity index (χ1v) is 6.99. The Morgan fingerprint density at radius 1 is 1.26 bits per heavy atom. The van der Waals surface area contributed by atoms with Crippen LogP contribution in [0.3, 0.4) is 0 Å². The van der Waals surface area contributed by atoms with Crippen LogP contribution >= 0.6 is 0 Å². The first-order valence-electron chi connectivity index (χ1n) is 6.99. The number of rotatable bonds is 2. The van der Waals surface area contributed by atoms with Gasteiger partial charge in [-0.2, -0.15) is 0 Å². The first-order chi connectivity index (χ1) is 8.76. The molecule has 19 heavy (non-hydrogen) atoms. The Kier molecular flexibility index (Phi) is 2.45. The average Bonchev–Trinajstić information content (AvgIpc) is 2.85. The first kappa shape index (κ1) is 12.8. The topological polar surface area (TPSA) is 75.6 Å². The van der Waals surface area contributed by atoms with Gasteiger partial charge in [-0.1, -0.05) is 0 Å². The van der Waals surface area contributed by atoms with Gasteiger partial charge in [0.2, 0.25) is 0 Å². The van der Waals surface area contributed by atoms with Gasteiger partial charge in [0.15, 0.2) is 0 Å². The molecule has 4 aliphatic carbocycles. The molecule has 5 atom stereocenters. The highest BCUT2D eigenvalue weighted by Crippen LogP contribution is 2.75. The molecular weight excluding hydrogens is 246 g/mol. The van der Waals surface area contributed by atoms with Crippen molar-refractivity contribution in [2.75, 3.05) is 0 Å². The number of carbonyl (C=O) groups excluding carboxylic acids is 1. The van der Waals surface area contributed by atoms with Gasteiger partial charge in [0.1, 0.15) is 5.60 Å². The second kappa shape index (κ2) is 3.64. The molecule has 4 rings (SSSR count). The maximum Gasteiger partial charge on any atom is 0.407 e. The van der Waals surface area contributed by atoms with E-state index < -0.39 is 23.1 Å². The zero-order chi connectivity index (χ0) is 14.0. The lowest BCUT2D eigenvalue weighted by Crippen LogP contribution is -2.51. The number of alkyl carbamates (subject to hydrolysis) is 1. The summed E-state index contributed by atoms with van der Waals surface area (Å²) in [7, 11) is 0. The summed E-state index contributed by atoms with van der Waals surface area (Å²) in [5.41, 5.74) is -1.25. The zero-order valence-electron chi connectivity index (χ0n) is 11.6. The van der Waals surface area contributed by atoms with E-state index in [4.69, 9.17) is 4.74 Å². The Bertz CT molecular complexity index is 435. The molecule has 0 saturated heterocycles. The van der Waals surface area contributed by atoms with E-state index >= 15 is 0 Å². The number of aliphatic carboxylic acids is 1. The summed E-state index contributed by atoms with van der Waals surface area (Å²) in [6.45, 7) is 5.42. The van der Waals surface area contributed by atoms with Crippen LogP contribution in [0.4, 0.5) is 4.79 Å². The molecule has 0 aliphatic heterocycles. The molecule has 0 aromatic carbocycles. The molecule has 5 heteroatoms. The third kappa shape index (κ3) is 1.66. The quantitative estimate of drug-likeness (QED) is 0.802. The fourth-order valence-electron chi connectivity index (χ4n) is 4.48. The van der Waals surface area contributed by atoms with Crippen molar-refractivity contribution in [1.82, 2.24) is 5.32 Å². The number of fused-ring (bicyclic) bond motifs is 1. The molecule has 0 radical (unpaired) electrons. The van der Waals surface area contributed by atoms with Crippen molar-refractivity contribution in [3.63, 3.8) is 0 Å². The minimum atomic E-state index is -0.745. The van der Waals surface area contributed by atoms with E-state index in [1.165, 1.54) is 0 Å². The predicted molar refractivity (Wildman–Crippen MR) is 67.5 cm³/mol. The monoisotopic (exact) mass is 267 g/mol. The third-order valence-corrected chi connectivity index (χ3v) is 5.04.